The number of nitrogens with zero attached hydrogens (tertiary/aromatic N) is 3. The largest absolute Gasteiger partial charge is 0.385 e. The highest BCUT2D eigenvalue weighted by atomic mass is 16.3. The van der Waals surface area contributed by atoms with Crippen molar-refractivity contribution in [2.45, 2.75) is 25.9 Å². The van der Waals surface area contributed by atoms with Crippen molar-refractivity contribution < 1.29 is 5.11 Å². The number of piperidine rings is 1. The number of nitrogens with one attached hydrogen (secondary N) is 2. The summed E-state index contributed by atoms with van der Waals surface area (Å²) in [5, 5.41) is 19.5. The maximum atomic E-state index is 9.39. The van der Waals surface area contributed by atoms with Crippen LogP contribution in [0.4, 0.5) is 5.95 Å². The molecule has 0 unspecified atom stereocenters. The van der Waals surface area contributed by atoms with Gasteiger partial charge in [-0.15, -0.1) is 5.10 Å². The van der Waals surface area contributed by atoms with Gasteiger partial charge >= 0.3 is 0 Å². The lowest BCUT2D eigenvalue weighted by molar-refractivity contribution is 0.189. The van der Waals surface area contributed by atoms with Crippen molar-refractivity contribution in [2.75, 3.05) is 31.6 Å². The molecule has 0 bridgehead atoms. The standard InChI is InChI=1S/C11H21N5O/c1-8(17)10-13-11(15-14-10)16-5-3-9(4-6-16)7-12-2/h8-9,12,17H,3-7H2,1-2H3,(H,13,14,15)/t8-/m0/s1. The second-order valence-corrected chi connectivity index (χ2v) is 4.68. The molecule has 0 aromatic carbocycles. The Bertz CT molecular complexity index is 343. The van der Waals surface area contributed by atoms with Crippen molar-refractivity contribution in [1.82, 2.24) is 20.5 Å². The number of aliphatic hydroxyl groups excluding tert-OH is 1. The Labute approximate surface area is 101 Å². The fraction of sp³-hybridized carbons (Fsp3) is 0.818. The highest BCUT2D eigenvalue weighted by Gasteiger charge is 2.21. The maximum Gasteiger partial charge on any atom is 0.244 e. The van der Waals surface area contributed by atoms with Gasteiger partial charge in [0.05, 0.1) is 0 Å². The normalized spacial score (nSPS) is 19.6. The number of aromatic nitrogens is 3. The van der Waals surface area contributed by atoms with E-state index < -0.39 is 6.10 Å². The van der Waals surface area contributed by atoms with E-state index in [0.29, 0.717) is 11.8 Å². The first-order valence-electron chi connectivity index (χ1n) is 6.20. The Balaban J connectivity index is 1.91. The second kappa shape index (κ2) is 5.46. The number of aliphatic hydroxyl groups is 1. The van der Waals surface area contributed by atoms with E-state index in [1.54, 1.807) is 6.92 Å². The summed E-state index contributed by atoms with van der Waals surface area (Å²) in [5.41, 5.74) is 0. The lowest BCUT2D eigenvalue weighted by Gasteiger charge is -2.30. The summed E-state index contributed by atoms with van der Waals surface area (Å²) in [7, 11) is 2.00. The topological polar surface area (TPSA) is 77.1 Å². The van der Waals surface area contributed by atoms with Crippen LogP contribution in [0.25, 0.3) is 0 Å². The van der Waals surface area contributed by atoms with Crippen molar-refractivity contribution in [3.05, 3.63) is 5.82 Å². The molecule has 1 aliphatic heterocycles. The quantitative estimate of drug-likeness (QED) is 0.704. The third kappa shape index (κ3) is 2.95. The maximum absolute atomic E-state index is 9.39. The van der Waals surface area contributed by atoms with Crippen molar-refractivity contribution in [1.29, 1.82) is 0 Å². The second-order valence-electron chi connectivity index (χ2n) is 4.68. The smallest absolute Gasteiger partial charge is 0.244 e. The van der Waals surface area contributed by atoms with Gasteiger partial charge in [-0.25, -0.2) is 0 Å². The minimum Gasteiger partial charge on any atom is -0.385 e. The Morgan fingerprint density at radius 2 is 2.24 bits per heavy atom. The van der Waals surface area contributed by atoms with Crippen LogP contribution in [0, 0.1) is 5.92 Å². The number of aromatic amines is 1. The molecular weight excluding hydrogens is 218 g/mol. The lowest BCUT2D eigenvalue weighted by Crippen LogP contribution is -2.37. The molecule has 1 aliphatic rings. The van der Waals surface area contributed by atoms with E-state index in [1.165, 1.54) is 12.8 Å². The van der Waals surface area contributed by atoms with Gasteiger partial charge in [-0.2, -0.15) is 4.98 Å². The highest BCUT2D eigenvalue weighted by Crippen LogP contribution is 2.20. The van der Waals surface area contributed by atoms with Crippen molar-refractivity contribution in [3.8, 4) is 0 Å². The van der Waals surface area contributed by atoms with E-state index in [1.807, 2.05) is 7.05 Å². The van der Waals surface area contributed by atoms with Gasteiger partial charge in [-0.05, 0) is 39.3 Å². The molecule has 3 N–H and O–H groups in total. The van der Waals surface area contributed by atoms with Crippen LogP contribution in [0.15, 0.2) is 0 Å². The Hall–Kier alpha value is -1.14. The zero-order chi connectivity index (χ0) is 12.3. The summed E-state index contributed by atoms with van der Waals surface area (Å²) < 4.78 is 0. The molecule has 0 amide bonds. The minimum absolute atomic E-state index is 0.539. The van der Waals surface area contributed by atoms with Gasteiger partial charge < -0.3 is 15.3 Å². The third-order valence-corrected chi connectivity index (χ3v) is 3.28. The van der Waals surface area contributed by atoms with E-state index in [9.17, 15) is 5.11 Å². The van der Waals surface area contributed by atoms with Crippen molar-refractivity contribution in [2.24, 2.45) is 5.92 Å². The summed E-state index contributed by atoms with van der Waals surface area (Å²) in [6.07, 6.45) is 1.75. The number of hydrogen-bond acceptors (Lipinski definition) is 5. The van der Waals surface area contributed by atoms with E-state index in [2.05, 4.69) is 25.4 Å². The summed E-state index contributed by atoms with van der Waals surface area (Å²) in [6.45, 7) is 4.75. The van der Waals surface area contributed by atoms with Gasteiger partial charge in [0.25, 0.3) is 0 Å². The molecule has 2 heterocycles. The SMILES string of the molecule is CNCC1CCN(c2n[nH]c([C@H](C)O)n2)CC1. The van der Waals surface area contributed by atoms with E-state index >= 15 is 0 Å². The average molecular weight is 239 g/mol. The molecule has 6 heteroatoms. The van der Waals surface area contributed by atoms with E-state index in [-0.39, 0.29) is 0 Å². The first-order chi connectivity index (χ1) is 8.20. The minimum atomic E-state index is -0.585. The molecule has 17 heavy (non-hydrogen) atoms. The molecule has 0 spiro atoms. The van der Waals surface area contributed by atoms with Crippen LogP contribution in [0.5, 0.6) is 0 Å². The number of hydrogen-bond donors (Lipinski definition) is 3. The first kappa shape index (κ1) is 12.3. The first-order valence-corrected chi connectivity index (χ1v) is 6.20. The molecule has 2 rings (SSSR count). The fourth-order valence-corrected chi connectivity index (χ4v) is 2.22. The molecule has 1 aromatic heterocycles. The van der Waals surface area contributed by atoms with Crippen molar-refractivity contribution in [3.63, 3.8) is 0 Å². The van der Waals surface area contributed by atoms with Gasteiger partial charge in [0.15, 0.2) is 5.82 Å². The highest BCUT2D eigenvalue weighted by molar-refractivity contribution is 5.29. The number of H-pyrrole nitrogens is 1. The molecule has 0 saturated carbocycles. The van der Waals surface area contributed by atoms with Crippen molar-refractivity contribution >= 4 is 5.95 Å². The Morgan fingerprint density at radius 1 is 1.53 bits per heavy atom. The molecule has 1 saturated heterocycles. The molecule has 1 fully saturated rings. The zero-order valence-electron chi connectivity index (χ0n) is 10.5. The zero-order valence-corrected chi connectivity index (χ0v) is 10.5. The Morgan fingerprint density at radius 3 is 2.76 bits per heavy atom. The molecule has 6 nitrogen and oxygen atoms in total. The Kier molecular flexibility index (Phi) is 3.96. The van der Waals surface area contributed by atoms with Crippen LogP contribution in [-0.2, 0) is 0 Å². The summed E-state index contributed by atoms with van der Waals surface area (Å²) in [4.78, 5) is 6.47. The predicted molar refractivity (Wildman–Crippen MR) is 65.9 cm³/mol. The van der Waals surface area contributed by atoms with E-state index in [0.717, 1.165) is 25.6 Å². The number of anilines is 1. The average Bonchev–Trinajstić information content (AvgIpc) is 2.80. The van der Waals surface area contributed by atoms with Crippen LogP contribution in [0.2, 0.25) is 0 Å². The summed E-state index contributed by atoms with van der Waals surface area (Å²) in [6, 6.07) is 0. The molecule has 1 atom stereocenters. The summed E-state index contributed by atoms with van der Waals surface area (Å²) >= 11 is 0. The summed E-state index contributed by atoms with van der Waals surface area (Å²) in [5.74, 6) is 2.01. The van der Waals surface area contributed by atoms with Crippen LogP contribution in [0.3, 0.4) is 0 Å². The van der Waals surface area contributed by atoms with Gasteiger partial charge in [-0.1, -0.05) is 0 Å². The molecular formula is C11H21N5O. The van der Waals surface area contributed by atoms with Crippen LogP contribution < -0.4 is 10.2 Å². The fourth-order valence-electron chi connectivity index (χ4n) is 2.22. The van der Waals surface area contributed by atoms with Gasteiger partial charge in [0.1, 0.15) is 6.10 Å². The molecule has 96 valence electrons. The molecule has 1 aromatic rings. The third-order valence-electron chi connectivity index (χ3n) is 3.28. The monoisotopic (exact) mass is 239 g/mol. The number of rotatable bonds is 4. The van der Waals surface area contributed by atoms with Gasteiger partial charge in [-0.3, -0.25) is 5.10 Å². The van der Waals surface area contributed by atoms with E-state index in [4.69, 9.17) is 0 Å². The van der Waals surface area contributed by atoms with Crippen LogP contribution >= 0.6 is 0 Å². The molecule has 0 radical (unpaired) electrons. The predicted octanol–water partition coefficient (Wildman–Crippen LogP) is 0.294. The molecule has 0 aliphatic carbocycles. The van der Waals surface area contributed by atoms with Crippen LogP contribution in [-0.4, -0.2) is 47.0 Å². The van der Waals surface area contributed by atoms with Gasteiger partial charge in [0.2, 0.25) is 5.95 Å². The van der Waals surface area contributed by atoms with Gasteiger partial charge in [0, 0.05) is 13.1 Å². The lowest BCUT2D eigenvalue weighted by atomic mass is 9.97. The van der Waals surface area contributed by atoms with Crippen LogP contribution in [0.1, 0.15) is 31.7 Å².